The van der Waals surface area contributed by atoms with Crippen LogP contribution in [0.2, 0.25) is 0 Å². The highest BCUT2D eigenvalue weighted by atomic mass is 19.1. The highest BCUT2D eigenvalue weighted by Crippen LogP contribution is 2.21. The standard InChI is InChI=1S/C9H7F2N3O/c10-5-1-2-6(7(11)3-5)8(15)9-12-4-13-14-9/h1-4,8,15H,(H,12,13,14). The molecule has 0 saturated heterocycles. The van der Waals surface area contributed by atoms with Crippen LogP contribution >= 0.6 is 0 Å². The third-order valence-electron chi connectivity index (χ3n) is 1.95. The van der Waals surface area contributed by atoms with E-state index in [9.17, 15) is 13.9 Å². The Labute approximate surface area is 83.6 Å². The Morgan fingerprint density at radius 2 is 2.13 bits per heavy atom. The largest absolute Gasteiger partial charge is 0.380 e. The Kier molecular flexibility index (Phi) is 2.42. The maximum absolute atomic E-state index is 13.2. The van der Waals surface area contributed by atoms with Crippen LogP contribution in [0.25, 0.3) is 0 Å². The van der Waals surface area contributed by atoms with Gasteiger partial charge in [-0.15, -0.1) is 0 Å². The van der Waals surface area contributed by atoms with Crippen molar-refractivity contribution < 1.29 is 13.9 Å². The van der Waals surface area contributed by atoms with Gasteiger partial charge in [0.1, 0.15) is 24.1 Å². The van der Waals surface area contributed by atoms with Crippen molar-refractivity contribution in [3.63, 3.8) is 0 Å². The molecule has 4 nitrogen and oxygen atoms in total. The summed E-state index contributed by atoms with van der Waals surface area (Å²) < 4.78 is 25.8. The second-order valence-electron chi connectivity index (χ2n) is 2.94. The molecule has 2 aromatic rings. The van der Waals surface area contributed by atoms with Crippen LogP contribution < -0.4 is 0 Å². The van der Waals surface area contributed by atoms with Crippen molar-refractivity contribution in [2.45, 2.75) is 6.10 Å². The summed E-state index contributed by atoms with van der Waals surface area (Å²) in [4.78, 5) is 3.68. The zero-order valence-electron chi connectivity index (χ0n) is 7.48. The van der Waals surface area contributed by atoms with Crippen molar-refractivity contribution in [1.82, 2.24) is 15.2 Å². The molecule has 78 valence electrons. The van der Waals surface area contributed by atoms with Gasteiger partial charge in [-0.1, -0.05) is 6.07 Å². The van der Waals surface area contributed by atoms with E-state index in [0.717, 1.165) is 12.1 Å². The van der Waals surface area contributed by atoms with Crippen molar-refractivity contribution in [2.75, 3.05) is 0 Å². The highest BCUT2D eigenvalue weighted by molar-refractivity contribution is 5.24. The molecular weight excluding hydrogens is 204 g/mol. The molecule has 1 heterocycles. The van der Waals surface area contributed by atoms with Gasteiger partial charge in [-0.05, 0) is 6.07 Å². The number of aliphatic hydroxyl groups excluding tert-OH is 1. The summed E-state index contributed by atoms with van der Waals surface area (Å²) in [6.45, 7) is 0. The summed E-state index contributed by atoms with van der Waals surface area (Å²) in [6, 6.07) is 2.94. The average Bonchev–Trinajstić information content (AvgIpc) is 2.69. The van der Waals surface area contributed by atoms with Gasteiger partial charge in [0.05, 0.1) is 0 Å². The summed E-state index contributed by atoms with van der Waals surface area (Å²) in [5.41, 5.74) is -0.0480. The van der Waals surface area contributed by atoms with Crippen LogP contribution in [0.15, 0.2) is 24.5 Å². The van der Waals surface area contributed by atoms with Crippen LogP contribution in [-0.2, 0) is 0 Å². The Morgan fingerprint density at radius 1 is 1.33 bits per heavy atom. The molecule has 1 unspecified atom stereocenters. The van der Waals surface area contributed by atoms with Crippen LogP contribution in [0.5, 0.6) is 0 Å². The first-order chi connectivity index (χ1) is 7.18. The van der Waals surface area contributed by atoms with E-state index in [-0.39, 0.29) is 11.4 Å². The number of aromatic amines is 1. The predicted molar refractivity (Wildman–Crippen MR) is 46.8 cm³/mol. The first-order valence-electron chi connectivity index (χ1n) is 4.17. The molecular formula is C9H7F2N3O. The number of nitrogens with zero attached hydrogens (tertiary/aromatic N) is 2. The Balaban J connectivity index is 2.38. The monoisotopic (exact) mass is 211 g/mol. The topological polar surface area (TPSA) is 61.8 Å². The molecule has 0 amide bonds. The van der Waals surface area contributed by atoms with Crippen LogP contribution in [0, 0.1) is 11.6 Å². The lowest BCUT2D eigenvalue weighted by molar-refractivity contribution is 0.205. The third kappa shape index (κ3) is 1.84. The van der Waals surface area contributed by atoms with E-state index in [2.05, 4.69) is 15.2 Å². The van der Waals surface area contributed by atoms with Crippen molar-refractivity contribution >= 4 is 0 Å². The van der Waals surface area contributed by atoms with Gasteiger partial charge in [0.25, 0.3) is 0 Å². The molecule has 2 N–H and O–H groups in total. The summed E-state index contributed by atoms with van der Waals surface area (Å²) in [7, 11) is 0. The number of halogens is 2. The summed E-state index contributed by atoms with van der Waals surface area (Å²) in [5.74, 6) is -1.40. The molecule has 0 saturated carbocycles. The van der Waals surface area contributed by atoms with E-state index in [1.165, 1.54) is 6.33 Å². The summed E-state index contributed by atoms with van der Waals surface area (Å²) in [5, 5.41) is 15.6. The molecule has 1 atom stereocenters. The van der Waals surface area contributed by atoms with E-state index in [1.54, 1.807) is 0 Å². The van der Waals surface area contributed by atoms with Gasteiger partial charge in [-0.2, -0.15) is 5.10 Å². The van der Waals surface area contributed by atoms with Gasteiger partial charge >= 0.3 is 0 Å². The second kappa shape index (κ2) is 3.74. The number of hydrogen-bond donors (Lipinski definition) is 2. The maximum Gasteiger partial charge on any atom is 0.157 e. The van der Waals surface area contributed by atoms with Crippen molar-refractivity contribution in [1.29, 1.82) is 0 Å². The molecule has 2 rings (SSSR count). The van der Waals surface area contributed by atoms with E-state index >= 15 is 0 Å². The maximum atomic E-state index is 13.2. The molecule has 0 aliphatic rings. The van der Waals surface area contributed by atoms with Crippen LogP contribution in [-0.4, -0.2) is 20.3 Å². The zero-order chi connectivity index (χ0) is 10.8. The molecule has 15 heavy (non-hydrogen) atoms. The van der Waals surface area contributed by atoms with Crippen LogP contribution in [0.3, 0.4) is 0 Å². The average molecular weight is 211 g/mol. The van der Waals surface area contributed by atoms with Crippen molar-refractivity contribution in [3.8, 4) is 0 Å². The molecule has 0 spiro atoms. The number of rotatable bonds is 2. The first kappa shape index (κ1) is 9.72. The fourth-order valence-electron chi connectivity index (χ4n) is 1.22. The lowest BCUT2D eigenvalue weighted by Crippen LogP contribution is -2.05. The minimum absolute atomic E-state index is 0.0480. The third-order valence-corrected chi connectivity index (χ3v) is 1.95. The van der Waals surface area contributed by atoms with Crippen molar-refractivity contribution in [2.24, 2.45) is 0 Å². The Bertz CT molecular complexity index is 458. The number of hydrogen-bond acceptors (Lipinski definition) is 3. The second-order valence-corrected chi connectivity index (χ2v) is 2.94. The van der Waals surface area contributed by atoms with Gasteiger partial charge in [-0.25, -0.2) is 13.8 Å². The van der Waals surface area contributed by atoms with Gasteiger partial charge in [0.15, 0.2) is 5.82 Å². The Morgan fingerprint density at radius 3 is 2.73 bits per heavy atom. The molecule has 0 aliphatic carbocycles. The molecule has 0 radical (unpaired) electrons. The number of aromatic nitrogens is 3. The van der Waals surface area contributed by atoms with Crippen LogP contribution in [0.4, 0.5) is 8.78 Å². The molecule has 1 aromatic carbocycles. The zero-order valence-corrected chi connectivity index (χ0v) is 7.48. The summed E-state index contributed by atoms with van der Waals surface area (Å²) in [6.07, 6.45) is -0.0759. The highest BCUT2D eigenvalue weighted by Gasteiger charge is 2.17. The molecule has 6 heteroatoms. The minimum Gasteiger partial charge on any atom is -0.380 e. The van der Waals surface area contributed by atoms with E-state index in [1.807, 2.05) is 0 Å². The fraction of sp³-hybridized carbons (Fsp3) is 0.111. The molecule has 0 fully saturated rings. The molecule has 0 aliphatic heterocycles. The summed E-state index contributed by atoms with van der Waals surface area (Å²) >= 11 is 0. The molecule has 1 aromatic heterocycles. The van der Waals surface area contributed by atoms with E-state index in [4.69, 9.17) is 0 Å². The minimum atomic E-state index is -1.27. The van der Waals surface area contributed by atoms with Gasteiger partial charge < -0.3 is 5.11 Å². The van der Waals surface area contributed by atoms with Gasteiger partial charge in [0, 0.05) is 11.6 Å². The number of benzene rings is 1. The predicted octanol–water partition coefficient (Wildman–Crippen LogP) is 1.16. The van der Waals surface area contributed by atoms with E-state index < -0.39 is 17.7 Å². The lowest BCUT2D eigenvalue weighted by Gasteiger charge is -2.08. The normalized spacial score (nSPS) is 12.7. The van der Waals surface area contributed by atoms with Crippen LogP contribution in [0.1, 0.15) is 17.5 Å². The van der Waals surface area contributed by atoms with Gasteiger partial charge in [0.2, 0.25) is 0 Å². The fourth-order valence-corrected chi connectivity index (χ4v) is 1.22. The lowest BCUT2D eigenvalue weighted by atomic mass is 10.1. The first-order valence-corrected chi connectivity index (χ1v) is 4.17. The number of nitrogens with one attached hydrogen (secondary N) is 1. The number of H-pyrrole nitrogens is 1. The Hall–Kier alpha value is -1.82. The SMILES string of the molecule is OC(c1ncn[nH]1)c1ccc(F)cc1F. The number of aliphatic hydroxyl groups is 1. The van der Waals surface area contributed by atoms with Gasteiger partial charge in [-0.3, -0.25) is 5.10 Å². The van der Waals surface area contributed by atoms with E-state index in [0.29, 0.717) is 6.07 Å². The molecule has 0 bridgehead atoms. The quantitative estimate of drug-likeness (QED) is 0.783. The smallest absolute Gasteiger partial charge is 0.157 e. The van der Waals surface area contributed by atoms with Crippen molar-refractivity contribution in [3.05, 3.63) is 47.5 Å².